The molecular formula is C12H24ClNO. The van der Waals surface area contributed by atoms with Gasteiger partial charge in [0.25, 0.3) is 0 Å². The molecule has 0 bridgehead atoms. The Labute approximate surface area is 99.6 Å². The fourth-order valence-electron chi connectivity index (χ4n) is 2.58. The lowest BCUT2D eigenvalue weighted by atomic mass is 10.1. The van der Waals surface area contributed by atoms with Crippen LogP contribution < -0.4 is 5.32 Å². The Hall–Kier alpha value is 0.210. The van der Waals surface area contributed by atoms with Crippen molar-refractivity contribution in [1.82, 2.24) is 5.32 Å². The second-order valence-electron chi connectivity index (χ2n) is 4.70. The molecule has 0 aromatic rings. The standard InChI is InChI=1S/C12H23NO.ClH/c1-2-4-6-11(5-3-1)14-12-7-9-13-10-8-12;/h11-13H,1-10H2;1H. The molecule has 0 aromatic heterocycles. The van der Waals surface area contributed by atoms with Crippen LogP contribution in [0.2, 0.25) is 0 Å². The Bertz CT molecular complexity index is 152. The minimum Gasteiger partial charge on any atom is -0.375 e. The van der Waals surface area contributed by atoms with Gasteiger partial charge in [-0.3, -0.25) is 0 Å². The van der Waals surface area contributed by atoms with E-state index in [9.17, 15) is 0 Å². The number of halogens is 1. The number of rotatable bonds is 2. The molecule has 2 rings (SSSR count). The van der Waals surface area contributed by atoms with Gasteiger partial charge in [-0.1, -0.05) is 25.7 Å². The first-order valence-electron chi connectivity index (χ1n) is 6.31. The first-order valence-corrected chi connectivity index (χ1v) is 6.31. The summed E-state index contributed by atoms with van der Waals surface area (Å²) < 4.78 is 6.17. The van der Waals surface area contributed by atoms with Crippen LogP contribution >= 0.6 is 12.4 Å². The highest BCUT2D eigenvalue weighted by Gasteiger charge is 2.19. The summed E-state index contributed by atoms with van der Waals surface area (Å²) in [5.41, 5.74) is 0. The van der Waals surface area contributed by atoms with Crippen molar-refractivity contribution < 1.29 is 4.74 Å². The predicted molar refractivity (Wildman–Crippen MR) is 65.7 cm³/mol. The zero-order chi connectivity index (χ0) is 9.64. The monoisotopic (exact) mass is 233 g/mol. The number of piperidine rings is 1. The molecule has 0 amide bonds. The van der Waals surface area contributed by atoms with Crippen LogP contribution in [0.15, 0.2) is 0 Å². The summed E-state index contributed by atoms with van der Waals surface area (Å²) in [4.78, 5) is 0. The van der Waals surface area contributed by atoms with E-state index in [1.807, 2.05) is 0 Å². The van der Waals surface area contributed by atoms with Gasteiger partial charge in [-0.2, -0.15) is 0 Å². The molecule has 1 saturated heterocycles. The van der Waals surface area contributed by atoms with Crippen LogP contribution in [0, 0.1) is 0 Å². The van der Waals surface area contributed by atoms with E-state index in [2.05, 4.69) is 5.32 Å². The number of hydrogen-bond donors (Lipinski definition) is 1. The number of ether oxygens (including phenoxy) is 1. The zero-order valence-electron chi connectivity index (χ0n) is 9.54. The Morgan fingerprint density at radius 3 is 1.87 bits per heavy atom. The van der Waals surface area contributed by atoms with Gasteiger partial charge in [0.15, 0.2) is 0 Å². The fourth-order valence-corrected chi connectivity index (χ4v) is 2.58. The molecule has 1 N–H and O–H groups in total. The van der Waals surface area contributed by atoms with E-state index in [0.29, 0.717) is 12.2 Å². The summed E-state index contributed by atoms with van der Waals surface area (Å²) in [6, 6.07) is 0. The molecule has 0 radical (unpaired) electrons. The summed E-state index contributed by atoms with van der Waals surface area (Å²) in [7, 11) is 0. The van der Waals surface area contributed by atoms with Crippen LogP contribution in [0.25, 0.3) is 0 Å². The van der Waals surface area contributed by atoms with Crippen molar-refractivity contribution in [3.05, 3.63) is 0 Å². The quantitative estimate of drug-likeness (QED) is 0.741. The van der Waals surface area contributed by atoms with Gasteiger partial charge in [-0.05, 0) is 38.8 Å². The van der Waals surface area contributed by atoms with Crippen LogP contribution in [-0.4, -0.2) is 25.3 Å². The SMILES string of the molecule is C1CCCC(OC2CCNCC2)CC1.Cl. The van der Waals surface area contributed by atoms with Gasteiger partial charge in [0.1, 0.15) is 0 Å². The topological polar surface area (TPSA) is 21.3 Å². The van der Waals surface area contributed by atoms with Gasteiger partial charge < -0.3 is 10.1 Å². The van der Waals surface area contributed by atoms with Crippen molar-refractivity contribution >= 4 is 12.4 Å². The highest BCUT2D eigenvalue weighted by molar-refractivity contribution is 5.85. The lowest BCUT2D eigenvalue weighted by Crippen LogP contribution is -2.34. The van der Waals surface area contributed by atoms with Gasteiger partial charge in [0, 0.05) is 0 Å². The smallest absolute Gasteiger partial charge is 0.0603 e. The zero-order valence-corrected chi connectivity index (χ0v) is 10.4. The predicted octanol–water partition coefficient (Wildman–Crippen LogP) is 2.90. The molecule has 15 heavy (non-hydrogen) atoms. The average molecular weight is 234 g/mol. The van der Waals surface area contributed by atoms with Gasteiger partial charge in [0.2, 0.25) is 0 Å². The molecule has 1 aliphatic carbocycles. The minimum atomic E-state index is 0. The third kappa shape index (κ3) is 4.71. The van der Waals surface area contributed by atoms with E-state index in [4.69, 9.17) is 4.74 Å². The van der Waals surface area contributed by atoms with E-state index >= 15 is 0 Å². The average Bonchev–Trinajstić information content (AvgIpc) is 2.48. The van der Waals surface area contributed by atoms with Crippen LogP contribution in [0.1, 0.15) is 51.4 Å². The van der Waals surface area contributed by atoms with Crippen molar-refractivity contribution in [1.29, 1.82) is 0 Å². The lowest BCUT2D eigenvalue weighted by molar-refractivity contribution is -0.0326. The van der Waals surface area contributed by atoms with E-state index < -0.39 is 0 Å². The molecule has 0 aromatic carbocycles. The first-order chi connectivity index (χ1) is 6.95. The van der Waals surface area contributed by atoms with Gasteiger partial charge >= 0.3 is 0 Å². The molecular weight excluding hydrogens is 210 g/mol. The molecule has 3 heteroatoms. The molecule has 1 aliphatic heterocycles. The maximum atomic E-state index is 6.17. The highest BCUT2D eigenvalue weighted by atomic mass is 35.5. The van der Waals surface area contributed by atoms with Gasteiger partial charge in [-0.15, -0.1) is 12.4 Å². The molecule has 90 valence electrons. The Morgan fingerprint density at radius 2 is 1.27 bits per heavy atom. The van der Waals surface area contributed by atoms with Crippen LogP contribution in [0.3, 0.4) is 0 Å². The molecule has 2 fully saturated rings. The maximum Gasteiger partial charge on any atom is 0.0603 e. The van der Waals surface area contributed by atoms with Crippen LogP contribution in [0.5, 0.6) is 0 Å². The number of nitrogens with one attached hydrogen (secondary N) is 1. The third-order valence-corrected chi connectivity index (χ3v) is 3.47. The minimum absolute atomic E-state index is 0. The third-order valence-electron chi connectivity index (χ3n) is 3.47. The summed E-state index contributed by atoms with van der Waals surface area (Å²) in [5.74, 6) is 0. The first kappa shape index (κ1) is 13.3. The molecule has 2 nitrogen and oxygen atoms in total. The summed E-state index contributed by atoms with van der Waals surface area (Å²) in [5, 5.41) is 3.38. The van der Waals surface area contributed by atoms with Crippen molar-refractivity contribution in [2.24, 2.45) is 0 Å². The molecule has 2 aliphatic rings. The molecule has 1 heterocycles. The summed E-state index contributed by atoms with van der Waals surface area (Å²) in [6.45, 7) is 2.30. The second-order valence-corrected chi connectivity index (χ2v) is 4.70. The normalized spacial score (nSPS) is 25.6. The van der Waals surface area contributed by atoms with E-state index in [1.165, 1.54) is 51.4 Å². The number of hydrogen-bond acceptors (Lipinski definition) is 2. The van der Waals surface area contributed by atoms with E-state index in [-0.39, 0.29) is 12.4 Å². The second kappa shape index (κ2) is 7.48. The van der Waals surface area contributed by atoms with Crippen LogP contribution in [-0.2, 0) is 4.74 Å². The largest absolute Gasteiger partial charge is 0.375 e. The maximum absolute atomic E-state index is 6.17. The van der Waals surface area contributed by atoms with Crippen molar-refractivity contribution in [2.45, 2.75) is 63.6 Å². The van der Waals surface area contributed by atoms with E-state index in [0.717, 1.165) is 13.1 Å². The lowest BCUT2D eigenvalue weighted by Gasteiger charge is -2.27. The highest BCUT2D eigenvalue weighted by Crippen LogP contribution is 2.22. The Morgan fingerprint density at radius 1 is 0.733 bits per heavy atom. The fraction of sp³-hybridized carbons (Fsp3) is 1.00. The van der Waals surface area contributed by atoms with E-state index in [1.54, 1.807) is 0 Å². The Balaban J connectivity index is 0.00000112. The van der Waals surface area contributed by atoms with Gasteiger partial charge in [0.05, 0.1) is 12.2 Å². The Kier molecular flexibility index (Phi) is 6.62. The summed E-state index contributed by atoms with van der Waals surface area (Å²) in [6.07, 6.45) is 11.8. The molecule has 0 atom stereocenters. The molecule has 0 unspecified atom stereocenters. The van der Waals surface area contributed by atoms with Crippen LogP contribution in [0.4, 0.5) is 0 Å². The van der Waals surface area contributed by atoms with Gasteiger partial charge in [-0.25, -0.2) is 0 Å². The van der Waals surface area contributed by atoms with Crippen molar-refractivity contribution in [3.8, 4) is 0 Å². The van der Waals surface area contributed by atoms with Crippen molar-refractivity contribution in [3.63, 3.8) is 0 Å². The van der Waals surface area contributed by atoms with Crippen molar-refractivity contribution in [2.75, 3.05) is 13.1 Å². The summed E-state index contributed by atoms with van der Waals surface area (Å²) >= 11 is 0. The molecule has 1 saturated carbocycles. The molecule has 0 spiro atoms.